The summed E-state index contributed by atoms with van der Waals surface area (Å²) in [5.74, 6) is 0.101. The fourth-order valence-corrected chi connectivity index (χ4v) is 4.59. The van der Waals surface area contributed by atoms with E-state index in [1.807, 2.05) is 11.8 Å². The molecule has 0 N–H and O–H groups in total. The van der Waals surface area contributed by atoms with Gasteiger partial charge in [0.1, 0.15) is 11.7 Å². The normalized spacial score (nSPS) is 26.1. The highest BCUT2D eigenvalue weighted by atomic mass is 16.5. The smallest absolute Gasteiger partial charge is 0.255 e. The summed E-state index contributed by atoms with van der Waals surface area (Å²) in [6.07, 6.45) is 4.94. The van der Waals surface area contributed by atoms with Crippen LogP contribution in [0.3, 0.4) is 0 Å². The predicted molar refractivity (Wildman–Crippen MR) is 90.8 cm³/mol. The molecule has 1 aromatic heterocycles. The maximum absolute atomic E-state index is 13.0. The number of aromatic nitrogens is 1. The van der Waals surface area contributed by atoms with Crippen LogP contribution >= 0.6 is 0 Å². The molecule has 0 aromatic carbocycles. The number of carbonyl (C=O) groups is 2. The molecule has 0 aliphatic carbocycles. The van der Waals surface area contributed by atoms with Crippen LogP contribution in [-0.2, 0) is 9.53 Å². The van der Waals surface area contributed by atoms with Gasteiger partial charge in [-0.3, -0.25) is 19.5 Å². The number of likely N-dealkylation sites (N-methyl/N-ethyl adjacent to an activating group) is 1. The van der Waals surface area contributed by atoms with Crippen molar-refractivity contribution < 1.29 is 14.3 Å². The van der Waals surface area contributed by atoms with Crippen molar-refractivity contribution in [2.45, 2.75) is 31.5 Å². The van der Waals surface area contributed by atoms with Crippen molar-refractivity contribution in [3.63, 3.8) is 0 Å². The summed E-state index contributed by atoms with van der Waals surface area (Å²) in [6.45, 7) is 5.91. The zero-order chi connectivity index (χ0) is 17.4. The Morgan fingerprint density at radius 2 is 2.16 bits per heavy atom. The van der Waals surface area contributed by atoms with Gasteiger partial charge in [0.05, 0.1) is 18.8 Å². The molecule has 2 amide bonds. The molecule has 1 aromatic rings. The molecule has 0 bridgehead atoms. The van der Waals surface area contributed by atoms with Crippen molar-refractivity contribution in [1.82, 2.24) is 19.7 Å². The van der Waals surface area contributed by atoms with Gasteiger partial charge in [-0.05, 0) is 19.1 Å². The zero-order valence-corrected chi connectivity index (χ0v) is 14.6. The highest BCUT2D eigenvalue weighted by Gasteiger charge is 2.57. The Kier molecular flexibility index (Phi) is 4.21. The molecule has 25 heavy (non-hydrogen) atoms. The Bertz CT molecular complexity index is 660. The second kappa shape index (κ2) is 6.38. The maximum atomic E-state index is 13.0. The fourth-order valence-electron chi connectivity index (χ4n) is 4.59. The first kappa shape index (κ1) is 16.5. The summed E-state index contributed by atoms with van der Waals surface area (Å²) in [6, 6.07) is 3.30. The average molecular weight is 344 g/mol. The van der Waals surface area contributed by atoms with Crippen LogP contribution in [0.2, 0.25) is 0 Å². The van der Waals surface area contributed by atoms with Crippen LogP contribution in [0, 0.1) is 0 Å². The van der Waals surface area contributed by atoms with Crippen LogP contribution in [-0.4, -0.2) is 82.6 Å². The third-order valence-corrected chi connectivity index (χ3v) is 5.77. The molecule has 4 heterocycles. The van der Waals surface area contributed by atoms with Crippen LogP contribution in [0.5, 0.6) is 0 Å². The number of pyridine rings is 1. The van der Waals surface area contributed by atoms with Gasteiger partial charge in [0, 0.05) is 51.4 Å². The molecule has 134 valence electrons. The Labute approximate surface area is 147 Å². The number of hydrogen-bond acceptors (Lipinski definition) is 5. The molecule has 1 spiro atoms. The lowest BCUT2D eigenvalue weighted by atomic mass is 9.96. The zero-order valence-electron chi connectivity index (χ0n) is 14.6. The summed E-state index contributed by atoms with van der Waals surface area (Å²) in [5.41, 5.74) is 0.354. The van der Waals surface area contributed by atoms with Gasteiger partial charge in [0.25, 0.3) is 5.91 Å². The molecule has 3 fully saturated rings. The molecule has 3 aliphatic heterocycles. The number of carbonyl (C=O) groups excluding carboxylic acids is 2. The van der Waals surface area contributed by atoms with E-state index < -0.39 is 0 Å². The largest absolute Gasteiger partial charge is 0.381 e. The van der Waals surface area contributed by atoms with Crippen LogP contribution in [0.25, 0.3) is 0 Å². The summed E-state index contributed by atoms with van der Waals surface area (Å²) in [4.78, 5) is 35.9. The first-order valence-corrected chi connectivity index (χ1v) is 9.02. The maximum Gasteiger partial charge on any atom is 0.255 e. The Balaban J connectivity index is 1.57. The van der Waals surface area contributed by atoms with E-state index in [0.29, 0.717) is 38.4 Å². The summed E-state index contributed by atoms with van der Waals surface area (Å²) in [5, 5.41) is 0. The molecule has 7 nitrogen and oxygen atoms in total. The standard InChI is InChI=1S/C18H24N4O3/c1-2-21-17(24)15-13-20(16(23)14-4-3-7-19-12-14)8-9-22(15)18(21)5-10-25-11-6-18/h3-4,7,12,15H,2,5-6,8-11,13H2,1H3/t15-/m1/s1. The molecular weight excluding hydrogens is 320 g/mol. The number of hydrogen-bond donors (Lipinski definition) is 0. The second-order valence-electron chi connectivity index (χ2n) is 6.88. The molecule has 3 saturated heterocycles. The van der Waals surface area contributed by atoms with Crippen molar-refractivity contribution in [2.24, 2.45) is 0 Å². The quantitative estimate of drug-likeness (QED) is 0.785. The van der Waals surface area contributed by atoms with Crippen LogP contribution in [0.1, 0.15) is 30.1 Å². The minimum absolute atomic E-state index is 0.0449. The summed E-state index contributed by atoms with van der Waals surface area (Å²) >= 11 is 0. The Morgan fingerprint density at radius 1 is 1.36 bits per heavy atom. The monoisotopic (exact) mass is 344 g/mol. The van der Waals surface area contributed by atoms with Crippen molar-refractivity contribution >= 4 is 11.8 Å². The SMILES string of the molecule is CCN1C(=O)[C@H]2CN(C(=O)c3cccnc3)CCN2C12CCOCC2. The van der Waals surface area contributed by atoms with E-state index in [9.17, 15) is 9.59 Å². The van der Waals surface area contributed by atoms with Gasteiger partial charge in [-0.1, -0.05) is 0 Å². The molecule has 0 unspecified atom stereocenters. The van der Waals surface area contributed by atoms with E-state index in [4.69, 9.17) is 4.74 Å². The Morgan fingerprint density at radius 3 is 2.84 bits per heavy atom. The molecule has 1 atom stereocenters. The van der Waals surface area contributed by atoms with Crippen LogP contribution in [0.15, 0.2) is 24.5 Å². The number of piperazine rings is 1. The fraction of sp³-hybridized carbons (Fsp3) is 0.611. The summed E-state index contributed by atoms with van der Waals surface area (Å²) < 4.78 is 5.55. The molecule has 7 heteroatoms. The number of fused-ring (bicyclic) bond motifs is 2. The van der Waals surface area contributed by atoms with Gasteiger partial charge < -0.3 is 14.5 Å². The van der Waals surface area contributed by atoms with Gasteiger partial charge >= 0.3 is 0 Å². The van der Waals surface area contributed by atoms with E-state index in [1.165, 1.54) is 0 Å². The van der Waals surface area contributed by atoms with Gasteiger partial charge in [-0.25, -0.2) is 0 Å². The molecule has 0 saturated carbocycles. The van der Waals surface area contributed by atoms with Crippen molar-refractivity contribution in [1.29, 1.82) is 0 Å². The predicted octanol–water partition coefficient (Wildman–Crippen LogP) is 0.577. The second-order valence-corrected chi connectivity index (χ2v) is 6.88. The lowest BCUT2D eigenvalue weighted by molar-refractivity contribution is -0.135. The summed E-state index contributed by atoms with van der Waals surface area (Å²) in [7, 11) is 0. The van der Waals surface area contributed by atoms with Crippen LogP contribution < -0.4 is 0 Å². The molecule has 0 radical (unpaired) electrons. The van der Waals surface area contributed by atoms with E-state index in [0.717, 1.165) is 19.4 Å². The van der Waals surface area contributed by atoms with Crippen molar-refractivity contribution in [3.8, 4) is 0 Å². The third kappa shape index (κ3) is 2.53. The number of rotatable bonds is 2. The molecule has 4 rings (SSSR count). The number of ether oxygens (including phenoxy) is 1. The Hall–Kier alpha value is -1.99. The highest BCUT2D eigenvalue weighted by Crippen LogP contribution is 2.41. The third-order valence-electron chi connectivity index (χ3n) is 5.77. The number of nitrogens with zero attached hydrogens (tertiary/aromatic N) is 4. The highest BCUT2D eigenvalue weighted by molar-refractivity contribution is 5.95. The van der Waals surface area contributed by atoms with E-state index in [2.05, 4.69) is 9.88 Å². The molecule has 3 aliphatic rings. The van der Waals surface area contributed by atoms with Crippen molar-refractivity contribution in [2.75, 3.05) is 39.4 Å². The van der Waals surface area contributed by atoms with E-state index in [1.54, 1.807) is 29.4 Å². The van der Waals surface area contributed by atoms with Gasteiger partial charge in [0.15, 0.2) is 0 Å². The van der Waals surface area contributed by atoms with Crippen molar-refractivity contribution in [3.05, 3.63) is 30.1 Å². The van der Waals surface area contributed by atoms with Gasteiger partial charge in [-0.2, -0.15) is 0 Å². The number of amides is 2. The van der Waals surface area contributed by atoms with Gasteiger partial charge in [0.2, 0.25) is 5.91 Å². The first-order chi connectivity index (χ1) is 12.2. The van der Waals surface area contributed by atoms with Crippen LogP contribution in [0.4, 0.5) is 0 Å². The average Bonchev–Trinajstić information content (AvgIpc) is 2.89. The minimum Gasteiger partial charge on any atom is -0.381 e. The lowest BCUT2D eigenvalue weighted by Gasteiger charge is -2.48. The van der Waals surface area contributed by atoms with E-state index >= 15 is 0 Å². The lowest BCUT2D eigenvalue weighted by Crippen LogP contribution is -2.62. The van der Waals surface area contributed by atoms with E-state index in [-0.39, 0.29) is 23.5 Å². The first-order valence-electron chi connectivity index (χ1n) is 9.02. The molecular formula is C18H24N4O3. The van der Waals surface area contributed by atoms with Gasteiger partial charge in [-0.15, -0.1) is 0 Å². The minimum atomic E-state index is -0.243. The topological polar surface area (TPSA) is 66.0 Å².